The number of carbonyl (C=O) groups is 1. The fourth-order valence-corrected chi connectivity index (χ4v) is 2.23. The highest BCUT2D eigenvalue weighted by Crippen LogP contribution is 2.33. The van der Waals surface area contributed by atoms with Gasteiger partial charge in [0, 0.05) is 17.7 Å². The molecule has 0 saturated heterocycles. The van der Waals surface area contributed by atoms with Crippen LogP contribution in [0.4, 0.5) is 0 Å². The van der Waals surface area contributed by atoms with Crippen LogP contribution in [0.3, 0.4) is 0 Å². The van der Waals surface area contributed by atoms with Gasteiger partial charge in [0.25, 0.3) is 0 Å². The quantitative estimate of drug-likeness (QED) is 0.866. The molecule has 102 valence electrons. The second-order valence-corrected chi connectivity index (χ2v) is 4.63. The van der Waals surface area contributed by atoms with Crippen molar-refractivity contribution in [2.24, 2.45) is 0 Å². The number of carbonyl (C=O) groups excluding carboxylic acids is 1. The van der Waals surface area contributed by atoms with E-state index < -0.39 is 0 Å². The highest BCUT2D eigenvalue weighted by molar-refractivity contribution is 6.09. The van der Waals surface area contributed by atoms with E-state index in [-0.39, 0.29) is 12.6 Å². The molecule has 2 aromatic rings. The molecule has 1 N–H and O–H groups in total. The molecule has 0 aromatic heterocycles. The minimum atomic E-state index is -0.0127. The Morgan fingerprint density at radius 2 is 1.90 bits per heavy atom. The van der Waals surface area contributed by atoms with Gasteiger partial charge in [-0.2, -0.15) is 0 Å². The maximum atomic E-state index is 12.5. The third-order valence-electron chi connectivity index (χ3n) is 3.20. The number of ether oxygens (including phenoxy) is 2. The minimum absolute atomic E-state index is 0.0127. The fourth-order valence-electron chi connectivity index (χ4n) is 2.23. The van der Waals surface area contributed by atoms with E-state index in [2.05, 4.69) is 5.32 Å². The van der Waals surface area contributed by atoms with E-state index in [0.29, 0.717) is 22.6 Å². The van der Waals surface area contributed by atoms with Crippen LogP contribution in [0.1, 0.15) is 21.5 Å². The molecule has 2 aromatic carbocycles. The van der Waals surface area contributed by atoms with E-state index in [4.69, 9.17) is 9.47 Å². The summed E-state index contributed by atoms with van der Waals surface area (Å²) in [5.41, 5.74) is 2.37. The maximum Gasteiger partial charge on any atom is 0.231 e. The van der Waals surface area contributed by atoms with Gasteiger partial charge in [-0.3, -0.25) is 4.79 Å². The predicted molar refractivity (Wildman–Crippen MR) is 75.2 cm³/mol. The number of hydrogen-bond acceptors (Lipinski definition) is 4. The summed E-state index contributed by atoms with van der Waals surface area (Å²) >= 11 is 0. The van der Waals surface area contributed by atoms with Gasteiger partial charge in [-0.1, -0.05) is 18.2 Å². The van der Waals surface area contributed by atoms with Crippen LogP contribution in [0.15, 0.2) is 42.5 Å². The normalized spacial score (nSPS) is 12.4. The zero-order valence-corrected chi connectivity index (χ0v) is 11.2. The van der Waals surface area contributed by atoms with Gasteiger partial charge in [0.15, 0.2) is 17.3 Å². The Balaban J connectivity index is 1.90. The highest BCUT2D eigenvalue weighted by Gasteiger charge is 2.17. The topological polar surface area (TPSA) is 47.6 Å². The first-order valence-corrected chi connectivity index (χ1v) is 6.46. The second kappa shape index (κ2) is 5.35. The SMILES string of the molecule is CNCc1cccc(C(=O)c2ccc3c(c2)OCO3)c1. The van der Waals surface area contributed by atoms with Crippen LogP contribution in [0.2, 0.25) is 0 Å². The van der Waals surface area contributed by atoms with Crippen molar-refractivity contribution in [3.8, 4) is 11.5 Å². The van der Waals surface area contributed by atoms with Crippen molar-refractivity contribution in [1.29, 1.82) is 0 Å². The first kappa shape index (κ1) is 12.7. The zero-order chi connectivity index (χ0) is 13.9. The smallest absolute Gasteiger partial charge is 0.231 e. The molecule has 0 spiro atoms. The van der Waals surface area contributed by atoms with Crippen molar-refractivity contribution in [3.05, 3.63) is 59.2 Å². The van der Waals surface area contributed by atoms with E-state index in [1.807, 2.05) is 31.3 Å². The number of benzene rings is 2. The summed E-state index contributed by atoms with van der Waals surface area (Å²) < 4.78 is 10.6. The lowest BCUT2D eigenvalue weighted by molar-refractivity contribution is 0.103. The Morgan fingerprint density at radius 3 is 2.75 bits per heavy atom. The van der Waals surface area contributed by atoms with Gasteiger partial charge >= 0.3 is 0 Å². The van der Waals surface area contributed by atoms with E-state index >= 15 is 0 Å². The molecule has 0 atom stereocenters. The molecule has 0 fully saturated rings. The van der Waals surface area contributed by atoms with Crippen molar-refractivity contribution in [2.45, 2.75) is 6.54 Å². The fraction of sp³-hybridized carbons (Fsp3) is 0.188. The minimum Gasteiger partial charge on any atom is -0.454 e. The van der Waals surface area contributed by atoms with Gasteiger partial charge in [-0.15, -0.1) is 0 Å². The van der Waals surface area contributed by atoms with E-state index in [9.17, 15) is 4.79 Å². The molecular formula is C16H15NO3. The van der Waals surface area contributed by atoms with Gasteiger partial charge in [-0.25, -0.2) is 0 Å². The third-order valence-corrected chi connectivity index (χ3v) is 3.20. The molecule has 1 aliphatic rings. The Bertz CT molecular complexity index is 652. The Kier molecular flexibility index (Phi) is 3.39. The predicted octanol–water partition coefficient (Wildman–Crippen LogP) is 2.37. The standard InChI is InChI=1S/C16H15NO3/c1-17-9-11-3-2-4-12(7-11)16(18)13-5-6-14-15(8-13)20-10-19-14/h2-8,17H,9-10H2,1H3. The molecule has 3 rings (SSSR count). The average molecular weight is 269 g/mol. The molecule has 4 heteroatoms. The Hall–Kier alpha value is -2.33. The van der Waals surface area contributed by atoms with Crippen LogP contribution >= 0.6 is 0 Å². The maximum absolute atomic E-state index is 12.5. The second-order valence-electron chi connectivity index (χ2n) is 4.63. The lowest BCUT2D eigenvalue weighted by Crippen LogP contribution is -2.07. The molecule has 0 unspecified atom stereocenters. The Labute approximate surface area is 117 Å². The summed E-state index contributed by atoms with van der Waals surface area (Å²) in [5, 5.41) is 3.08. The number of nitrogens with one attached hydrogen (secondary N) is 1. The van der Waals surface area contributed by atoms with Gasteiger partial charge in [-0.05, 0) is 36.9 Å². The molecule has 0 amide bonds. The average Bonchev–Trinajstić information content (AvgIpc) is 2.94. The van der Waals surface area contributed by atoms with E-state index in [0.717, 1.165) is 12.1 Å². The van der Waals surface area contributed by atoms with Crippen molar-refractivity contribution < 1.29 is 14.3 Å². The molecule has 0 bridgehead atoms. The number of rotatable bonds is 4. The van der Waals surface area contributed by atoms with Crippen molar-refractivity contribution in [3.63, 3.8) is 0 Å². The first-order valence-electron chi connectivity index (χ1n) is 6.46. The van der Waals surface area contributed by atoms with Crippen molar-refractivity contribution in [2.75, 3.05) is 13.8 Å². The monoisotopic (exact) mass is 269 g/mol. The lowest BCUT2D eigenvalue weighted by Gasteiger charge is -2.05. The molecule has 0 radical (unpaired) electrons. The molecule has 1 heterocycles. The van der Waals surface area contributed by atoms with E-state index in [1.165, 1.54) is 0 Å². The van der Waals surface area contributed by atoms with Gasteiger partial charge in [0.2, 0.25) is 6.79 Å². The van der Waals surface area contributed by atoms with Crippen LogP contribution < -0.4 is 14.8 Å². The Morgan fingerprint density at radius 1 is 1.10 bits per heavy atom. The van der Waals surface area contributed by atoms with Crippen molar-refractivity contribution in [1.82, 2.24) is 5.32 Å². The summed E-state index contributed by atoms with van der Waals surface area (Å²) in [6, 6.07) is 12.9. The molecule has 4 nitrogen and oxygen atoms in total. The van der Waals surface area contributed by atoms with Gasteiger partial charge in [0.1, 0.15) is 0 Å². The number of fused-ring (bicyclic) bond motifs is 1. The number of hydrogen-bond donors (Lipinski definition) is 1. The van der Waals surface area contributed by atoms with Crippen LogP contribution in [0, 0.1) is 0 Å². The molecule has 0 aliphatic carbocycles. The third kappa shape index (κ3) is 2.38. The number of ketones is 1. The first-order chi connectivity index (χ1) is 9.78. The molecule has 20 heavy (non-hydrogen) atoms. The van der Waals surface area contributed by atoms with Crippen molar-refractivity contribution >= 4 is 5.78 Å². The lowest BCUT2D eigenvalue weighted by atomic mass is 10.0. The highest BCUT2D eigenvalue weighted by atomic mass is 16.7. The summed E-state index contributed by atoms with van der Waals surface area (Å²) in [4.78, 5) is 12.5. The van der Waals surface area contributed by atoms with Gasteiger partial charge in [0.05, 0.1) is 0 Å². The van der Waals surface area contributed by atoms with E-state index in [1.54, 1.807) is 18.2 Å². The van der Waals surface area contributed by atoms with Gasteiger partial charge < -0.3 is 14.8 Å². The molecule has 0 saturated carbocycles. The van der Waals surface area contributed by atoms with Crippen LogP contribution in [-0.2, 0) is 6.54 Å². The summed E-state index contributed by atoms with van der Waals surface area (Å²) in [6.45, 7) is 0.951. The van der Waals surface area contributed by atoms with Crippen LogP contribution in [-0.4, -0.2) is 19.6 Å². The zero-order valence-electron chi connectivity index (χ0n) is 11.2. The molecular weight excluding hydrogens is 254 g/mol. The molecule has 1 aliphatic heterocycles. The van der Waals surface area contributed by atoms with Crippen LogP contribution in [0.25, 0.3) is 0 Å². The summed E-state index contributed by atoms with van der Waals surface area (Å²) in [5.74, 6) is 1.30. The van der Waals surface area contributed by atoms with Crippen LogP contribution in [0.5, 0.6) is 11.5 Å². The summed E-state index contributed by atoms with van der Waals surface area (Å²) in [6.07, 6.45) is 0. The summed E-state index contributed by atoms with van der Waals surface area (Å²) in [7, 11) is 1.88. The largest absolute Gasteiger partial charge is 0.454 e.